The maximum absolute atomic E-state index is 11.8. The van der Waals surface area contributed by atoms with Crippen LogP contribution < -0.4 is 5.32 Å². The van der Waals surface area contributed by atoms with Crippen molar-refractivity contribution in [3.63, 3.8) is 0 Å². The predicted molar refractivity (Wildman–Crippen MR) is 94.4 cm³/mol. The summed E-state index contributed by atoms with van der Waals surface area (Å²) >= 11 is 5.95. The van der Waals surface area contributed by atoms with Gasteiger partial charge in [0.1, 0.15) is 5.75 Å². The number of amides is 1. The van der Waals surface area contributed by atoms with Crippen molar-refractivity contribution in [2.24, 2.45) is 0 Å². The fraction of sp³-hybridized carbons (Fsp3) is 0.105. The fourth-order valence-corrected chi connectivity index (χ4v) is 2.78. The molecule has 1 atom stereocenters. The van der Waals surface area contributed by atoms with E-state index in [1.165, 1.54) is 7.05 Å². The molecule has 0 heterocycles. The highest BCUT2D eigenvalue weighted by atomic mass is 35.5. The van der Waals surface area contributed by atoms with Gasteiger partial charge < -0.3 is 15.2 Å². The maximum Gasteiger partial charge on any atom is 0.407 e. The van der Waals surface area contributed by atoms with Crippen LogP contribution in [0.2, 0.25) is 5.02 Å². The summed E-state index contributed by atoms with van der Waals surface area (Å²) in [7, 11) is 1.49. The standard InChI is InChI=1S/C19H16ClNO3/c1-21-19(23)24-18(13-6-9-14(20)10-7-13)17-15-5-3-2-4-12(15)8-11-16(17)22/h2-11,18,22H,1H3,(H,21,23). The number of rotatable bonds is 3. The first-order chi connectivity index (χ1) is 11.6. The lowest BCUT2D eigenvalue weighted by Crippen LogP contribution is -2.22. The SMILES string of the molecule is CNC(=O)OC(c1ccc(Cl)cc1)c1c(O)ccc2ccccc12. The van der Waals surface area contributed by atoms with Crippen LogP contribution in [0.4, 0.5) is 4.79 Å². The van der Waals surface area contributed by atoms with E-state index >= 15 is 0 Å². The van der Waals surface area contributed by atoms with E-state index in [1.807, 2.05) is 30.3 Å². The molecule has 1 amide bonds. The Morgan fingerprint density at radius 1 is 1.08 bits per heavy atom. The summed E-state index contributed by atoms with van der Waals surface area (Å²) in [5.74, 6) is 0.0672. The molecule has 0 radical (unpaired) electrons. The number of phenolic OH excluding ortho intramolecular Hbond substituents is 1. The zero-order valence-electron chi connectivity index (χ0n) is 13.0. The maximum atomic E-state index is 11.8. The molecular weight excluding hydrogens is 326 g/mol. The molecular formula is C19H16ClNO3. The third-order valence-electron chi connectivity index (χ3n) is 3.81. The zero-order valence-corrected chi connectivity index (χ0v) is 13.7. The smallest absolute Gasteiger partial charge is 0.407 e. The average molecular weight is 342 g/mol. The van der Waals surface area contributed by atoms with Gasteiger partial charge in [-0.15, -0.1) is 0 Å². The molecule has 0 saturated carbocycles. The summed E-state index contributed by atoms with van der Waals surface area (Å²) in [5.41, 5.74) is 1.26. The quantitative estimate of drug-likeness (QED) is 0.729. The van der Waals surface area contributed by atoms with Crippen LogP contribution in [0.25, 0.3) is 10.8 Å². The zero-order chi connectivity index (χ0) is 17.1. The third-order valence-corrected chi connectivity index (χ3v) is 4.06. The number of fused-ring (bicyclic) bond motifs is 1. The number of alkyl carbamates (subject to hydrolysis) is 1. The first-order valence-electron chi connectivity index (χ1n) is 7.44. The molecule has 2 N–H and O–H groups in total. The van der Waals surface area contributed by atoms with E-state index in [2.05, 4.69) is 5.32 Å². The Morgan fingerprint density at radius 2 is 1.79 bits per heavy atom. The second-order valence-corrected chi connectivity index (χ2v) is 5.74. The third kappa shape index (κ3) is 3.14. The van der Waals surface area contributed by atoms with Crippen molar-refractivity contribution in [1.29, 1.82) is 0 Å². The first kappa shape index (κ1) is 16.1. The molecule has 0 aromatic heterocycles. The van der Waals surface area contributed by atoms with Crippen LogP contribution in [0, 0.1) is 0 Å². The summed E-state index contributed by atoms with van der Waals surface area (Å²) in [5, 5.41) is 15.2. The van der Waals surface area contributed by atoms with Crippen LogP contribution in [-0.4, -0.2) is 18.2 Å². The molecule has 0 spiro atoms. The molecule has 0 aliphatic carbocycles. The van der Waals surface area contributed by atoms with Crippen molar-refractivity contribution in [1.82, 2.24) is 5.32 Å². The topological polar surface area (TPSA) is 58.6 Å². The second-order valence-electron chi connectivity index (χ2n) is 5.31. The Hall–Kier alpha value is -2.72. The number of benzene rings is 3. The largest absolute Gasteiger partial charge is 0.507 e. The van der Waals surface area contributed by atoms with Crippen molar-refractivity contribution in [2.75, 3.05) is 7.05 Å². The second kappa shape index (κ2) is 6.81. The number of hydrogen-bond acceptors (Lipinski definition) is 3. The minimum atomic E-state index is -0.756. The Kier molecular flexibility index (Phi) is 4.58. The fourth-order valence-electron chi connectivity index (χ4n) is 2.66. The van der Waals surface area contributed by atoms with E-state index in [9.17, 15) is 9.90 Å². The number of nitrogens with one attached hydrogen (secondary N) is 1. The highest BCUT2D eigenvalue weighted by molar-refractivity contribution is 6.30. The lowest BCUT2D eigenvalue weighted by molar-refractivity contribution is 0.118. The molecule has 0 bridgehead atoms. The number of aromatic hydroxyl groups is 1. The molecule has 24 heavy (non-hydrogen) atoms. The molecule has 3 aromatic rings. The number of phenols is 1. The Balaban J connectivity index is 2.20. The van der Waals surface area contributed by atoms with E-state index in [0.29, 0.717) is 10.6 Å². The molecule has 3 rings (SSSR count). The van der Waals surface area contributed by atoms with Crippen molar-refractivity contribution in [3.8, 4) is 5.75 Å². The predicted octanol–water partition coefficient (Wildman–Crippen LogP) is 4.64. The Bertz CT molecular complexity index is 877. The summed E-state index contributed by atoms with van der Waals surface area (Å²) in [6.07, 6.45) is -1.34. The molecule has 122 valence electrons. The van der Waals surface area contributed by atoms with Gasteiger partial charge in [-0.3, -0.25) is 0 Å². The van der Waals surface area contributed by atoms with E-state index in [1.54, 1.807) is 30.3 Å². The van der Waals surface area contributed by atoms with E-state index < -0.39 is 12.2 Å². The minimum Gasteiger partial charge on any atom is -0.507 e. The molecule has 4 nitrogen and oxygen atoms in total. The van der Waals surface area contributed by atoms with E-state index in [-0.39, 0.29) is 5.75 Å². The van der Waals surface area contributed by atoms with Gasteiger partial charge in [0.2, 0.25) is 0 Å². The highest BCUT2D eigenvalue weighted by Gasteiger charge is 2.24. The molecule has 5 heteroatoms. The molecule has 1 unspecified atom stereocenters. The van der Waals surface area contributed by atoms with Gasteiger partial charge in [-0.2, -0.15) is 0 Å². The van der Waals surface area contributed by atoms with Gasteiger partial charge in [-0.1, -0.05) is 54.1 Å². The molecule has 3 aromatic carbocycles. The van der Waals surface area contributed by atoms with Gasteiger partial charge in [-0.05, 0) is 34.5 Å². The number of hydrogen-bond donors (Lipinski definition) is 2. The van der Waals surface area contributed by atoms with Gasteiger partial charge in [-0.25, -0.2) is 4.79 Å². The lowest BCUT2D eigenvalue weighted by atomic mass is 9.95. The van der Waals surface area contributed by atoms with E-state index in [4.69, 9.17) is 16.3 Å². The van der Waals surface area contributed by atoms with Gasteiger partial charge >= 0.3 is 6.09 Å². The summed E-state index contributed by atoms with van der Waals surface area (Å²) < 4.78 is 5.55. The monoisotopic (exact) mass is 341 g/mol. The molecule has 0 fully saturated rings. The van der Waals surface area contributed by atoms with Crippen LogP contribution >= 0.6 is 11.6 Å². The highest BCUT2D eigenvalue weighted by Crippen LogP contribution is 2.38. The number of ether oxygens (including phenoxy) is 1. The van der Waals surface area contributed by atoms with Crippen molar-refractivity contribution in [3.05, 3.63) is 76.8 Å². The lowest BCUT2D eigenvalue weighted by Gasteiger charge is -2.21. The summed E-state index contributed by atoms with van der Waals surface area (Å²) in [4.78, 5) is 11.8. The average Bonchev–Trinajstić information content (AvgIpc) is 2.61. The molecule has 0 saturated heterocycles. The first-order valence-corrected chi connectivity index (χ1v) is 7.82. The number of carbonyl (C=O) groups is 1. The van der Waals surface area contributed by atoms with Crippen LogP contribution in [0.3, 0.4) is 0 Å². The van der Waals surface area contributed by atoms with Crippen LogP contribution in [0.5, 0.6) is 5.75 Å². The molecule has 0 aliphatic heterocycles. The summed E-state index contributed by atoms with van der Waals surface area (Å²) in [6, 6.07) is 18.1. The van der Waals surface area contributed by atoms with Gasteiger partial charge in [0.15, 0.2) is 6.10 Å². The van der Waals surface area contributed by atoms with Crippen LogP contribution in [0.1, 0.15) is 17.2 Å². The van der Waals surface area contributed by atoms with Gasteiger partial charge in [0, 0.05) is 17.6 Å². The van der Waals surface area contributed by atoms with Crippen LogP contribution in [0.15, 0.2) is 60.7 Å². The Morgan fingerprint density at radius 3 is 2.50 bits per heavy atom. The van der Waals surface area contributed by atoms with Crippen LogP contribution in [-0.2, 0) is 4.74 Å². The normalized spacial score (nSPS) is 11.9. The van der Waals surface area contributed by atoms with E-state index in [0.717, 1.165) is 16.3 Å². The Labute approximate surface area is 144 Å². The van der Waals surface area contributed by atoms with Gasteiger partial charge in [0.25, 0.3) is 0 Å². The molecule has 0 aliphatic rings. The van der Waals surface area contributed by atoms with Crippen molar-refractivity contribution in [2.45, 2.75) is 6.10 Å². The number of carbonyl (C=O) groups excluding carboxylic acids is 1. The van der Waals surface area contributed by atoms with Crippen molar-refractivity contribution < 1.29 is 14.6 Å². The number of halogens is 1. The summed E-state index contributed by atoms with van der Waals surface area (Å²) in [6.45, 7) is 0. The van der Waals surface area contributed by atoms with Crippen molar-refractivity contribution >= 4 is 28.5 Å². The van der Waals surface area contributed by atoms with Gasteiger partial charge in [0.05, 0.1) is 0 Å². The minimum absolute atomic E-state index is 0.0672.